The maximum Gasteiger partial charge on any atom is 0.273 e. The first kappa shape index (κ1) is 25.3. The minimum Gasteiger partial charge on any atom is -0.497 e. The maximum atomic E-state index is 13.6. The summed E-state index contributed by atoms with van der Waals surface area (Å²) in [5.41, 5.74) is 1.14. The molecule has 0 aliphatic heterocycles. The van der Waals surface area contributed by atoms with Crippen molar-refractivity contribution in [2.24, 2.45) is 0 Å². The van der Waals surface area contributed by atoms with E-state index in [9.17, 15) is 14.9 Å². The number of amides is 1. The van der Waals surface area contributed by atoms with E-state index in [2.05, 4.69) is 5.32 Å². The van der Waals surface area contributed by atoms with Crippen molar-refractivity contribution in [2.45, 2.75) is 0 Å². The molecule has 1 aromatic heterocycles. The van der Waals surface area contributed by atoms with E-state index < -0.39 is 5.91 Å². The number of hydrogen-bond donors (Lipinski definition) is 1. The summed E-state index contributed by atoms with van der Waals surface area (Å²) in [5.74, 6) is 0.987. The molecule has 8 nitrogen and oxygen atoms in total. The van der Waals surface area contributed by atoms with Gasteiger partial charge in [0, 0.05) is 11.8 Å². The Morgan fingerprint density at radius 3 is 2.38 bits per heavy atom. The van der Waals surface area contributed by atoms with Crippen molar-refractivity contribution in [1.82, 2.24) is 4.57 Å². The van der Waals surface area contributed by atoms with Gasteiger partial charge < -0.3 is 19.5 Å². The molecule has 1 amide bonds. The van der Waals surface area contributed by atoms with Gasteiger partial charge in [-0.3, -0.25) is 14.2 Å². The average molecular weight is 514 g/mol. The number of thiazole rings is 1. The van der Waals surface area contributed by atoms with Crippen molar-refractivity contribution >= 4 is 34.6 Å². The van der Waals surface area contributed by atoms with Crippen LogP contribution in [-0.4, -0.2) is 31.8 Å². The number of ether oxygens (including phenoxy) is 3. The number of benzene rings is 3. The van der Waals surface area contributed by atoms with Gasteiger partial charge in [-0.1, -0.05) is 30.3 Å². The summed E-state index contributed by atoms with van der Waals surface area (Å²) in [6.45, 7) is 0. The van der Waals surface area contributed by atoms with Crippen molar-refractivity contribution in [2.75, 3.05) is 26.6 Å². The van der Waals surface area contributed by atoms with E-state index in [0.29, 0.717) is 38.7 Å². The Morgan fingerprint density at radius 2 is 1.70 bits per heavy atom. The molecular weight excluding hydrogens is 490 g/mol. The molecule has 3 aromatic carbocycles. The molecule has 0 saturated heterocycles. The monoisotopic (exact) mass is 513 g/mol. The molecule has 0 saturated carbocycles. The second-order valence-corrected chi connectivity index (χ2v) is 8.71. The van der Waals surface area contributed by atoms with Crippen LogP contribution in [0.1, 0.15) is 5.56 Å². The molecule has 0 aliphatic rings. The Balaban J connectivity index is 1.92. The van der Waals surface area contributed by atoms with E-state index in [1.807, 2.05) is 12.1 Å². The van der Waals surface area contributed by atoms with Crippen LogP contribution in [0.2, 0.25) is 0 Å². The van der Waals surface area contributed by atoms with Crippen LogP contribution >= 0.6 is 11.3 Å². The van der Waals surface area contributed by atoms with Gasteiger partial charge in [0.05, 0.1) is 31.5 Å². The molecule has 9 heteroatoms. The summed E-state index contributed by atoms with van der Waals surface area (Å²) >= 11 is 1.06. The molecular formula is C28H23N3O5S. The van der Waals surface area contributed by atoms with Crippen molar-refractivity contribution in [1.29, 1.82) is 5.26 Å². The molecule has 1 N–H and O–H groups in total. The van der Waals surface area contributed by atoms with E-state index in [0.717, 1.165) is 11.3 Å². The first-order valence-corrected chi connectivity index (χ1v) is 11.9. The Labute approximate surface area is 216 Å². The predicted octanol–water partition coefficient (Wildman–Crippen LogP) is 3.07. The van der Waals surface area contributed by atoms with Gasteiger partial charge in [0.15, 0.2) is 17.1 Å². The van der Waals surface area contributed by atoms with Gasteiger partial charge in [-0.25, -0.2) is 0 Å². The van der Waals surface area contributed by atoms with E-state index in [1.165, 1.54) is 18.8 Å². The number of carbonyl (C=O) groups excluding carboxylic acids is 1. The second kappa shape index (κ2) is 11.3. The van der Waals surface area contributed by atoms with Crippen molar-refractivity contribution in [3.8, 4) is 29.0 Å². The fourth-order valence-electron chi connectivity index (χ4n) is 3.65. The lowest BCUT2D eigenvalue weighted by Gasteiger charge is -2.07. The molecule has 37 heavy (non-hydrogen) atoms. The minimum absolute atomic E-state index is 0.194. The van der Waals surface area contributed by atoms with Crippen LogP contribution in [0, 0.1) is 11.3 Å². The largest absolute Gasteiger partial charge is 0.497 e. The zero-order chi connectivity index (χ0) is 26.4. The molecule has 1 heterocycles. The van der Waals surface area contributed by atoms with Crippen molar-refractivity contribution < 1.29 is 19.0 Å². The number of nitrogens with one attached hydrogen (secondary N) is 1. The highest BCUT2D eigenvalue weighted by Crippen LogP contribution is 2.27. The summed E-state index contributed by atoms with van der Waals surface area (Å²) in [4.78, 5) is 26.8. The van der Waals surface area contributed by atoms with Crippen molar-refractivity contribution in [3.63, 3.8) is 0 Å². The second-order valence-electron chi connectivity index (χ2n) is 7.68. The quantitative estimate of drug-likeness (QED) is 0.408. The number of methoxy groups -OCH3 is 3. The van der Waals surface area contributed by atoms with E-state index in [4.69, 9.17) is 14.2 Å². The Hall–Kier alpha value is -4.81. The zero-order valence-corrected chi connectivity index (χ0v) is 21.2. The van der Waals surface area contributed by atoms with E-state index >= 15 is 0 Å². The Kier molecular flexibility index (Phi) is 7.71. The first-order chi connectivity index (χ1) is 18.0. The summed E-state index contributed by atoms with van der Waals surface area (Å²) < 4.78 is 17.8. The van der Waals surface area contributed by atoms with Crippen LogP contribution in [-0.2, 0) is 4.79 Å². The number of para-hydroxylation sites is 1. The molecule has 4 rings (SSSR count). The summed E-state index contributed by atoms with van der Waals surface area (Å²) in [7, 11) is 4.60. The lowest BCUT2D eigenvalue weighted by molar-refractivity contribution is -0.111. The minimum atomic E-state index is -0.639. The molecule has 0 atom stereocenters. The highest BCUT2D eigenvalue weighted by Gasteiger charge is 2.17. The normalized spacial score (nSPS) is 11.9. The van der Waals surface area contributed by atoms with Crippen LogP contribution in [0.3, 0.4) is 0 Å². The third-order valence-corrected chi connectivity index (χ3v) is 6.52. The SMILES string of the molecule is COc1cccc(NC(=O)/C(C#N)=c2/s/c(=C/c3ccc(OC)c(OC)c3)c(=O)n2-c2ccccc2)c1. The molecule has 0 bridgehead atoms. The Morgan fingerprint density at radius 1 is 0.946 bits per heavy atom. The van der Waals surface area contributed by atoms with Gasteiger partial charge in [0.1, 0.15) is 16.5 Å². The van der Waals surface area contributed by atoms with Gasteiger partial charge in [-0.05, 0) is 48.0 Å². The lowest BCUT2D eigenvalue weighted by Crippen LogP contribution is -2.32. The number of nitrogens with zero attached hydrogens (tertiary/aromatic N) is 2. The third kappa shape index (κ3) is 5.39. The van der Waals surface area contributed by atoms with Gasteiger partial charge >= 0.3 is 0 Å². The zero-order valence-electron chi connectivity index (χ0n) is 20.3. The topological polar surface area (TPSA) is 103 Å². The maximum absolute atomic E-state index is 13.6. The highest BCUT2D eigenvalue weighted by atomic mass is 32.1. The van der Waals surface area contributed by atoms with Crippen LogP contribution in [0.15, 0.2) is 77.6 Å². The molecule has 4 aromatic rings. The highest BCUT2D eigenvalue weighted by molar-refractivity contribution is 7.07. The predicted molar refractivity (Wildman–Crippen MR) is 143 cm³/mol. The lowest BCUT2D eigenvalue weighted by atomic mass is 10.2. The molecule has 0 radical (unpaired) electrons. The number of aromatic nitrogens is 1. The number of nitriles is 1. The van der Waals surface area contributed by atoms with Crippen molar-refractivity contribution in [3.05, 3.63) is 97.9 Å². The fraction of sp³-hybridized carbons (Fsp3) is 0.107. The van der Waals surface area contributed by atoms with Gasteiger partial charge in [0.25, 0.3) is 11.5 Å². The van der Waals surface area contributed by atoms with Gasteiger partial charge in [-0.2, -0.15) is 5.26 Å². The van der Waals surface area contributed by atoms with Crippen LogP contribution in [0.5, 0.6) is 17.2 Å². The first-order valence-electron chi connectivity index (χ1n) is 11.1. The third-order valence-electron chi connectivity index (χ3n) is 5.42. The molecule has 0 spiro atoms. The number of hydrogen-bond acceptors (Lipinski definition) is 7. The standard InChI is InChI=1S/C28H23N3O5S/c1-34-21-11-7-8-19(16-21)30-26(32)22(17-29)28-31(20-9-5-4-6-10-20)27(33)25(37-28)15-18-12-13-23(35-2)24(14-18)36-3/h4-16H,1-3H3,(H,30,32)/b25-15+,28-22+. The molecule has 0 aliphatic carbocycles. The van der Waals surface area contributed by atoms with Crippen LogP contribution < -0.4 is 34.3 Å². The molecule has 186 valence electrons. The van der Waals surface area contributed by atoms with E-state index in [-0.39, 0.29) is 15.8 Å². The Bertz CT molecular complexity index is 1670. The fourth-order valence-corrected chi connectivity index (χ4v) is 4.75. The molecule has 0 fully saturated rings. The smallest absolute Gasteiger partial charge is 0.273 e. The number of rotatable bonds is 7. The number of carbonyl (C=O) groups is 1. The van der Waals surface area contributed by atoms with Gasteiger partial charge in [-0.15, -0.1) is 11.3 Å². The van der Waals surface area contributed by atoms with Crippen LogP contribution in [0.4, 0.5) is 5.69 Å². The van der Waals surface area contributed by atoms with Gasteiger partial charge in [0.2, 0.25) is 0 Å². The summed E-state index contributed by atoms with van der Waals surface area (Å²) in [5, 5.41) is 12.7. The summed E-state index contributed by atoms with van der Waals surface area (Å²) in [6.07, 6.45) is 1.69. The number of anilines is 1. The van der Waals surface area contributed by atoms with E-state index in [1.54, 1.807) is 79.9 Å². The molecule has 0 unspecified atom stereocenters. The summed E-state index contributed by atoms with van der Waals surface area (Å²) in [6, 6.07) is 22.9. The van der Waals surface area contributed by atoms with Crippen LogP contribution in [0.25, 0.3) is 17.3 Å². The average Bonchev–Trinajstić information content (AvgIpc) is 3.24.